The minimum absolute atomic E-state index is 0.0538. The van der Waals surface area contributed by atoms with Crippen LogP contribution in [0.4, 0.5) is 0 Å². The quantitative estimate of drug-likeness (QED) is 0.523. The van der Waals surface area contributed by atoms with Gasteiger partial charge in [0.15, 0.2) is 0 Å². The fourth-order valence-electron chi connectivity index (χ4n) is 2.70. The van der Waals surface area contributed by atoms with Crippen molar-refractivity contribution in [1.82, 2.24) is 0 Å². The van der Waals surface area contributed by atoms with E-state index in [9.17, 15) is 9.59 Å². The highest BCUT2D eigenvalue weighted by Gasteiger charge is 2.10. The molecule has 4 heteroatoms. The number of fused-ring (bicyclic) bond motifs is 1. The summed E-state index contributed by atoms with van der Waals surface area (Å²) in [7, 11) is 0. The third-order valence-corrected chi connectivity index (χ3v) is 4.16. The monoisotopic (exact) mass is 336 g/mol. The number of aryl methyl sites for hydroxylation is 2. The molecule has 128 valence electrons. The molecule has 0 saturated heterocycles. The second-order valence-corrected chi connectivity index (χ2v) is 6.10. The van der Waals surface area contributed by atoms with Gasteiger partial charge < -0.3 is 9.15 Å². The van der Waals surface area contributed by atoms with Gasteiger partial charge in [-0.1, -0.05) is 48.9 Å². The smallest absolute Gasteiger partial charge is 0.336 e. The summed E-state index contributed by atoms with van der Waals surface area (Å²) >= 11 is 0. The number of ether oxygens (including phenoxy) is 1. The van der Waals surface area contributed by atoms with Crippen molar-refractivity contribution in [2.24, 2.45) is 0 Å². The Balaban J connectivity index is 1.75. The van der Waals surface area contributed by atoms with E-state index in [1.807, 2.05) is 56.3 Å². The summed E-state index contributed by atoms with van der Waals surface area (Å²) in [6.45, 7) is 4.09. The van der Waals surface area contributed by atoms with E-state index in [1.165, 1.54) is 6.07 Å². The summed E-state index contributed by atoms with van der Waals surface area (Å²) in [4.78, 5) is 23.8. The minimum atomic E-state index is -0.440. The molecular formula is C21H20O4. The molecule has 3 rings (SSSR count). The first-order valence-corrected chi connectivity index (χ1v) is 8.32. The van der Waals surface area contributed by atoms with Crippen LogP contribution in [0, 0.1) is 6.92 Å². The fraction of sp³-hybridized carbons (Fsp3) is 0.238. The first-order chi connectivity index (χ1) is 12.0. The first kappa shape index (κ1) is 17.0. The Labute approximate surface area is 146 Å². The predicted octanol–water partition coefficient (Wildman–Crippen LogP) is 3.95. The number of benzene rings is 2. The van der Waals surface area contributed by atoms with Crippen LogP contribution < -0.4 is 5.63 Å². The van der Waals surface area contributed by atoms with Gasteiger partial charge in [0.2, 0.25) is 0 Å². The van der Waals surface area contributed by atoms with Crippen LogP contribution in [-0.2, 0) is 29.0 Å². The second kappa shape index (κ2) is 7.34. The van der Waals surface area contributed by atoms with Crippen molar-refractivity contribution >= 4 is 16.9 Å². The third kappa shape index (κ3) is 4.15. The van der Waals surface area contributed by atoms with E-state index in [0.29, 0.717) is 11.1 Å². The van der Waals surface area contributed by atoms with E-state index in [0.717, 1.165) is 28.5 Å². The average Bonchev–Trinajstić information content (AvgIpc) is 2.61. The topological polar surface area (TPSA) is 56.5 Å². The molecule has 3 aromatic rings. The number of esters is 1. The molecule has 0 aliphatic carbocycles. The Morgan fingerprint density at radius 1 is 1.04 bits per heavy atom. The molecule has 2 aromatic carbocycles. The number of carbonyl (C=O) groups excluding carboxylic acids is 1. The summed E-state index contributed by atoms with van der Waals surface area (Å²) in [5.41, 5.74) is 3.88. The Hall–Kier alpha value is -2.88. The highest BCUT2D eigenvalue weighted by atomic mass is 16.5. The number of hydrogen-bond donors (Lipinski definition) is 0. The molecule has 0 N–H and O–H groups in total. The van der Waals surface area contributed by atoms with Crippen molar-refractivity contribution in [3.63, 3.8) is 0 Å². The van der Waals surface area contributed by atoms with Crippen molar-refractivity contribution in [2.45, 2.75) is 33.3 Å². The molecule has 1 heterocycles. The lowest BCUT2D eigenvalue weighted by Crippen LogP contribution is -2.10. The van der Waals surface area contributed by atoms with Gasteiger partial charge in [0.05, 0.1) is 6.42 Å². The maximum absolute atomic E-state index is 12.1. The Kier molecular flexibility index (Phi) is 4.98. The molecular weight excluding hydrogens is 316 g/mol. The van der Waals surface area contributed by atoms with Gasteiger partial charge in [-0.25, -0.2) is 4.79 Å². The van der Waals surface area contributed by atoms with E-state index in [-0.39, 0.29) is 19.0 Å². The van der Waals surface area contributed by atoms with Gasteiger partial charge in [-0.05, 0) is 30.5 Å². The van der Waals surface area contributed by atoms with E-state index >= 15 is 0 Å². The number of hydrogen-bond acceptors (Lipinski definition) is 4. The molecule has 0 atom stereocenters. The SMILES string of the molecule is CCc1ccc2c(COC(=O)Cc3ccc(C)cc3)cc(=O)oc2c1. The van der Waals surface area contributed by atoms with E-state index < -0.39 is 5.63 Å². The van der Waals surface area contributed by atoms with Crippen molar-refractivity contribution < 1.29 is 13.9 Å². The maximum atomic E-state index is 12.1. The first-order valence-electron chi connectivity index (χ1n) is 8.32. The van der Waals surface area contributed by atoms with Crippen LogP contribution in [0.3, 0.4) is 0 Å². The summed E-state index contributed by atoms with van der Waals surface area (Å²) in [5, 5.41) is 0.792. The van der Waals surface area contributed by atoms with Gasteiger partial charge in [0.25, 0.3) is 0 Å². The molecule has 0 aliphatic heterocycles. The lowest BCUT2D eigenvalue weighted by atomic mass is 10.1. The summed E-state index contributed by atoms with van der Waals surface area (Å²) in [6, 6.07) is 14.9. The number of rotatable bonds is 5. The van der Waals surface area contributed by atoms with Crippen LogP contribution in [0.25, 0.3) is 11.0 Å². The van der Waals surface area contributed by atoms with Crippen LogP contribution in [0.5, 0.6) is 0 Å². The predicted molar refractivity (Wildman–Crippen MR) is 96.5 cm³/mol. The molecule has 0 radical (unpaired) electrons. The minimum Gasteiger partial charge on any atom is -0.461 e. The summed E-state index contributed by atoms with van der Waals surface area (Å²) in [6.07, 6.45) is 1.06. The molecule has 0 unspecified atom stereocenters. The molecule has 4 nitrogen and oxygen atoms in total. The van der Waals surface area contributed by atoms with Crippen LogP contribution in [0.2, 0.25) is 0 Å². The van der Waals surface area contributed by atoms with Gasteiger partial charge in [0, 0.05) is 17.0 Å². The van der Waals surface area contributed by atoms with E-state index in [1.54, 1.807) is 0 Å². The lowest BCUT2D eigenvalue weighted by molar-refractivity contribution is -0.144. The fourth-order valence-corrected chi connectivity index (χ4v) is 2.70. The molecule has 0 saturated carbocycles. The summed E-state index contributed by atoms with van der Waals surface area (Å²) in [5.74, 6) is -0.324. The maximum Gasteiger partial charge on any atom is 0.336 e. The van der Waals surface area contributed by atoms with Crippen molar-refractivity contribution in [3.05, 3.63) is 81.2 Å². The zero-order chi connectivity index (χ0) is 17.8. The zero-order valence-corrected chi connectivity index (χ0v) is 14.4. The number of carbonyl (C=O) groups is 1. The molecule has 0 aliphatic rings. The Morgan fingerprint density at radius 3 is 2.48 bits per heavy atom. The standard InChI is InChI=1S/C21H20O4/c1-3-15-8-9-18-17(12-21(23)25-19(18)10-15)13-24-20(22)11-16-6-4-14(2)5-7-16/h4-10,12H,3,11,13H2,1-2H3. The average molecular weight is 336 g/mol. The lowest BCUT2D eigenvalue weighted by Gasteiger charge is -2.08. The molecule has 1 aromatic heterocycles. The molecule has 0 amide bonds. The highest BCUT2D eigenvalue weighted by Crippen LogP contribution is 2.20. The second-order valence-electron chi connectivity index (χ2n) is 6.10. The molecule has 25 heavy (non-hydrogen) atoms. The van der Waals surface area contributed by atoms with Crippen LogP contribution >= 0.6 is 0 Å². The largest absolute Gasteiger partial charge is 0.461 e. The van der Waals surface area contributed by atoms with Gasteiger partial charge >= 0.3 is 11.6 Å². The van der Waals surface area contributed by atoms with Gasteiger partial charge in [0.1, 0.15) is 12.2 Å². The molecule has 0 spiro atoms. The normalized spacial score (nSPS) is 10.8. The highest BCUT2D eigenvalue weighted by molar-refractivity contribution is 5.81. The van der Waals surface area contributed by atoms with Gasteiger partial charge in [-0.15, -0.1) is 0 Å². The van der Waals surface area contributed by atoms with Crippen LogP contribution in [0.1, 0.15) is 29.2 Å². The van der Waals surface area contributed by atoms with Crippen molar-refractivity contribution in [2.75, 3.05) is 0 Å². The van der Waals surface area contributed by atoms with Crippen LogP contribution in [0.15, 0.2) is 57.7 Å². The van der Waals surface area contributed by atoms with Crippen LogP contribution in [-0.4, -0.2) is 5.97 Å². The Morgan fingerprint density at radius 2 is 1.76 bits per heavy atom. The van der Waals surface area contributed by atoms with Crippen molar-refractivity contribution in [3.8, 4) is 0 Å². The zero-order valence-electron chi connectivity index (χ0n) is 14.4. The van der Waals surface area contributed by atoms with E-state index in [4.69, 9.17) is 9.15 Å². The third-order valence-electron chi connectivity index (χ3n) is 4.16. The Bertz CT molecular complexity index is 952. The summed E-state index contributed by atoms with van der Waals surface area (Å²) < 4.78 is 10.6. The molecule has 0 fully saturated rings. The van der Waals surface area contributed by atoms with Gasteiger partial charge in [-0.3, -0.25) is 4.79 Å². The van der Waals surface area contributed by atoms with Gasteiger partial charge in [-0.2, -0.15) is 0 Å². The molecule has 0 bridgehead atoms. The van der Waals surface area contributed by atoms with Crippen molar-refractivity contribution in [1.29, 1.82) is 0 Å². The van der Waals surface area contributed by atoms with E-state index in [2.05, 4.69) is 0 Å².